The van der Waals surface area contributed by atoms with Crippen LogP contribution in [0, 0.1) is 11.3 Å². The third kappa shape index (κ3) is 3.53. The fourth-order valence-electron chi connectivity index (χ4n) is 0.888. The van der Waals surface area contributed by atoms with Crippen molar-refractivity contribution in [3.8, 4) is 6.07 Å². The molecule has 0 aliphatic rings. The fraction of sp³-hybridized carbons (Fsp3) is 0.111. The lowest BCUT2D eigenvalue weighted by Gasteiger charge is -2.00. The number of benzene rings is 1. The molecule has 0 aliphatic heterocycles. The van der Waals surface area contributed by atoms with Crippen molar-refractivity contribution in [1.82, 2.24) is 0 Å². The van der Waals surface area contributed by atoms with Gasteiger partial charge < -0.3 is 0 Å². The van der Waals surface area contributed by atoms with Crippen LogP contribution in [0.5, 0.6) is 0 Å². The molecular weight excluding hydrogens is 252 g/mol. The van der Waals surface area contributed by atoms with Crippen molar-refractivity contribution in [1.29, 1.82) is 5.26 Å². The van der Waals surface area contributed by atoms with Crippen molar-refractivity contribution in [3.05, 3.63) is 34.9 Å². The normalized spacial score (nSPS) is 11.9. The lowest BCUT2D eigenvalue weighted by atomic mass is 10.1. The topological polar surface area (TPSA) is 79.5 Å². The van der Waals surface area contributed by atoms with E-state index in [2.05, 4.69) is 9.44 Å². The van der Waals surface area contributed by atoms with Crippen LogP contribution in [0.25, 0.3) is 0 Å². The van der Waals surface area contributed by atoms with Gasteiger partial charge in [-0.2, -0.15) is 13.7 Å². The first kappa shape index (κ1) is 12.5. The highest BCUT2D eigenvalue weighted by atomic mass is 35.5. The summed E-state index contributed by atoms with van der Waals surface area (Å²) >= 11 is 5.81. The zero-order chi connectivity index (χ0) is 12.2. The summed E-state index contributed by atoms with van der Waals surface area (Å²) in [6.45, 7) is 0. The Morgan fingerprint density at radius 2 is 2.12 bits per heavy atom. The molecule has 0 amide bonds. The molecule has 0 spiro atoms. The van der Waals surface area contributed by atoms with Crippen LogP contribution in [0.2, 0.25) is 5.02 Å². The predicted octanol–water partition coefficient (Wildman–Crippen LogP) is 1.54. The molecule has 0 unspecified atom stereocenters. The quantitative estimate of drug-likeness (QED) is 0.608. The van der Waals surface area contributed by atoms with Crippen LogP contribution in [-0.4, -0.2) is 20.4 Å². The summed E-state index contributed by atoms with van der Waals surface area (Å²) < 4.78 is 25.6. The van der Waals surface area contributed by atoms with E-state index in [1.807, 2.05) is 0 Å². The molecular formula is C9H7ClN2O3S. The summed E-state index contributed by atoms with van der Waals surface area (Å²) in [5, 5.41) is 12.3. The smallest absolute Gasteiger partial charge is 0.267 e. The molecule has 1 aromatic rings. The third-order valence-corrected chi connectivity index (χ3v) is 2.17. The van der Waals surface area contributed by atoms with Crippen molar-refractivity contribution in [3.63, 3.8) is 0 Å². The summed E-state index contributed by atoms with van der Waals surface area (Å²) in [6.07, 6.45) is 0.831. The van der Waals surface area contributed by atoms with Gasteiger partial charge in [-0.15, -0.1) is 0 Å². The summed E-state index contributed by atoms with van der Waals surface area (Å²) in [4.78, 5) is 0. The summed E-state index contributed by atoms with van der Waals surface area (Å²) in [5.74, 6) is 0. The Kier molecular flexibility index (Phi) is 3.88. The minimum absolute atomic E-state index is 0.198. The van der Waals surface area contributed by atoms with Gasteiger partial charge in [0.15, 0.2) is 5.71 Å². The molecule has 0 radical (unpaired) electrons. The minimum Gasteiger partial charge on any atom is -0.267 e. The largest absolute Gasteiger partial charge is 0.325 e. The second-order valence-corrected chi connectivity index (χ2v) is 4.77. The second-order valence-electron chi connectivity index (χ2n) is 2.81. The fourth-order valence-corrected chi connectivity index (χ4v) is 1.32. The molecule has 0 bridgehead atoms. The van der Waals surface area contributed by atoms with E-state index in [4.69, 9.17) is 16.9 Å². The van der Waals surface area contributed by atoms with Gasteiger partial charge in [-0.05, 0) is 6.07 Å². The predicted molar refractivity (Wildman–Crippen MR) is 59.5 cm³/mol. The Labute approximate surface area is 98.0 Å². The first-order chi connectivity index (χ1) is 7.44. The zero-order valence-electron chi connectivity index (χ0n) is 8.21. The van der Waals surface area contributed by atoms with Crippen molar-refractivity contribution >= 4 is 27.4 Å². The highest BCUT2D eigenvalue weighted by molar-refractivity contribution is 7.85. The molecule has 0 aliphatic carbocycles. The third-order valence-electron chi connectivity index (χ3n) is 1.50. The zero-order valence-corrected chi connectivity index (χ0v) is 9.79. The summed E-state index contributed by atoms with van der Waals surface area (Å²) in [5.41, 5.74) is 0.117. The van der Waals surface area contributed by atoms with Gasteiger partial charge in [0.05, 0.1) is 11.3 Å². The Balaban J connectivity index is 3.11. The average molecular weight is 259 g/mol. The number of rotatable bonds is 3. The highest BCUT2D eigenvalue weighted by Gasteiger charge is 2.09. The molecule has 0 saturated carbocycles. The maximum Gasteiger partial charge on any atom is 0.325 e. The Bertz CT molecular complexity index is 560. The molecule has 84 valence electrons. The lowest BCUT2D eigenvalue weighted by Crippen LogP contribution is -2.03. The molecule has 5 nitrogen and oxygen atoms in total. The highest BCUT2D eigenvalue weighted by Crippen LogP contribution is 2.16. The van der Waals surface area contributed by atoms with Crippen molar-refractivity contribution < 1.29 is 12.7 Å². The number of hydrogen-bond donors (Lipinski definition) is 0. The van der Waals surface area contributed by atoms with E-state index in [9.17, 15) is 8.42 Å². The average Bonchev–Trinajstić information content (AvgIpc) is 2.20. The van der Waals surface area contributed by atoms with E-state index < -0.39 is 10.1 Å². The number of nitriles is 1. The maximum atomic E-state index is 10.7. The second kappa shape index (κ2) is 4.96. The monoisotopic (exact) mass is 258 g/mol. The molecule has 1 rings (SSSR count). The van der Waals surface area contributed by atoms with E-state index in [1.54, 1.807) is 24.3 Å². The van der Waals surface area contributed by atoms with Crippen LogP contribution in [0.3, 0.4) is 0 Å². The lowest BCUT2D eigenvalue weighted by molar-refractivity contribution is 0.344. The van der Waals surface area contributed by atoms with Crippen LogP contribution in [0.4, 0.5) is 0 Å². The van der Waals surface area contributed by atoms with Gasteiger partial charge in [0.1, 0.15) is 6.07 Å². The Morgan fingerprint density at radius 3 is 2.62 bits per heavy atom. The first-order valence-electron chi connectivity index (χ1n) is 4.05. The molecule has 0 aromatic heterocycles. The molecule has 0 heterocycles. The van der Waals surface area contributed by atoms with E-state index in [0.717, 1.165) is 6.26 Å². The van der Waals surface area contributed by atoms with Crippen LogP contribution in [0.1, 0.15) is 5.56 Å². The molecule has 0 saturated heterocycles. The van der Waals surface area contributed by atoms with Gasteiger partial charge in [-0.25, -0.2) is 0 Å². The van der Waals surface area contributed by atoms with Crippen LogP contribution in [-0.2, 0) is 14.4 Å². The molecule has 0 N–H and O–H groups in total. The van der Waals surface area contributed by atoms with Gasteiger partial charge in [0, 0.05) is 5.56 Å². The van der Waals surface area contributed by atoms with Crippen molar-refractivity contribution in [2.75, 3.05) is 6.26 Å². The molecule has 7 heteroatoms. The maximum absolute atomic E-state index is 10.7. The first-order valence-corrected chi connectivity index (χ1v) is 6.25. The Morgan fingerprint density at radius 1 is 1.50 bits per heavy atom. The number of halogens is 1. The summed E-state index contributed by atoms with van der Waals surface area (Å²) in [7, 11) is -3.73. The van der Waals surface area contributed by atoms with Gasteiger partial charge in [0.2, 0.25) is 0 Å². The number of oxime groups is 1. The summed E-state index contributed by atoms with van der Waals surface area (Å²) in [6, 6.07) is 8.13. The van der Waals surface area contributed by atoms with E-state index in [1.165, 1.54) is 6.07 Å². The SMILES string of the molecule is CS(=O)(=O)O/N=C(\C#N)c1ccccc1Cl. The van der Waals surface area contributed by atoms with E-state index >= 15 is 0 Å². The molecule has 16 heavy (non-hydrogen) atoms. The van der Waals surface area contributed by atoms with Crippen LogP contribution < -0.4 is 0 Å². The number of hydrogen-bond acceptors (Lipinski definition) is 5. The minimum atomic E-state index is -3.73. The standard InChI is InChI=1S/C9H7ClN2O3S/c1-16(13,14)15-12-9(6-11)7-4-2-3-5-8(7)10/h2-5H,1H3/b12-9+. The van der Waals surface area contributed by atoms with Gasteiger partial charge >= 0.3 is 10.1 Å². The van der Waals surface area contributed by atoms with Gasteiger partial charge in [-0.3, -0.25) is 4.28 Å². The number of nitrogens with zero attached hydrogens (tertiary/aromatic N) is 2. The van der Waals surface area contributed by atoms with E-state index in [-0.39, 0.29) is 5.71 Å². The van der Waals surface area contributed by atoms with Gasteiger partial charge in [0.25, 0.3) is 0 Å². The van der Waals surface area contributed by atoms with Crippen molar-refractivity contribution in [2.24, 2.45) is 5.16 Å². The van der Waals surface area contributed by atoms with Crippen LogP contribution in [0.15, 0.2) is 29.4 Å². The van der Waals surface area contributed by atoms with Crippen molar-refractivity contribution in [2.45, 2.75) is 0 Å². The Hall–Kier alpha value is -1.58. The molecule has 1 aromatic carbocycles. The molecule has 0 fully saturated rings. The van der Waals surface area contributed by atoms with Gasteiger partial charge in [-0.1, -0.05) is 35.0 Å². The van der Waals surface area contributed by atoms with Crippen LogP contribution >= 0.6 is 11.6 Å². The molecule has 0 atom stereocenters. The van der Waals surface area contributed by atoms with E-state index in [0.29, 0.717) is 10.6 Å².